The van der Waals surface area contributed by atoms with Crippen molar-refractivity contribution in [1.82, 2.24) is 0 Å². The Kier molecular flexibility index (Phi) is 3.37. The molecule has 0 atom stereocenters. The highest BCUT2D eigenvalue weighted by Crippen LogP contribution is 2.32. The van der Waals surface area contributed by atoms with Gasteiger partial charge < -0.3 is 9.80 Å². The van der Waals surface area contributed by atoms with Crippen molar-refractivity contribution in [3.63, 3.8) is 0 Å². The predicted octanol–water partition coefficient (Wildman–Crippen LogP) is 3.09. The van der Waals surface area contributed by atoms with Gasteiger partial charge in [-0.2, -0.15) is 0 Å². The van der Waals surface area contributed by atoms with E-state index in [9.17, 15) is 9.18 Å². The van der Waals surface area contributed by atoms with Crippen molar-refractivity contribution < 1.29 is 9.18 Å². The SMILES string of the molecule is CN(C)c1ccc(C(=O)N2CCc3cccc(F)c32)cc1. The van der Waals surface area contributed by atoms with E-state index in [0.29, 0.717) is 24.2 Å². The fraction of sp³-hybridized carbons (Fsp3) is 0.235. The Hall–Kier alpha value is -2.36. The van der Waals surface area contributed by atoms with Crippen LogP contribution in [0.3, 0.4) is 0 Å². The zero-order valence-electron chi connectivity index (χ0n) is 12.1. The third-order valence-electron chi connectivity index (χ3n) is 3.82. The lowest BCUT2D eigenvalue weighted by Gasteiger charge is -2.19. The van der Waals surface area contributed by atoms with Crippen LogP contribution in [0.1, 0.15) is 15.9 Å². The summed E-state index contributed by atoms with van der Waals surface area (Å²) in [6.45, 7) is 0.532. The van der Waals surface area contributed by atoms with Gasteiger partial charge in [-0.1, -0.05) is 12.1 Å². The Morgan fingerprint density at radius 1 is 1.14 bits per heavy atom. The van der Waals surface area contributed by atoms with Gasteiger partial charge in [0.25, 0.3) is 5.91 Å². The molecular formula is C17H17FN2O. The number of hydrogen-bond donors (Lipinski definition) is 0. The van der Waals surface area contributed by atoms with Crippen LogP contribution in [0.5, 0.6) is 0 Å². The van der Waals surface area contributed by atoms with Crippen molar-refractivity contribution in [3.05, 3.63) is 59.4 Å². The molecule has 1 aliphatic heterocycles. The minimum absolute atomic E-state index is 0.149. The van der Waals surface area contributed by atoms with Crippen molar-refractivity contribution in [2.75, 3.05) is 30.4 Å². The molecule has 0 bridgehead atoms. The van der Waals surface area contributed by atoms with Crippen molar-refractivity contribution in [2.45, 2.75) is 6.42 Å². The van der Waals surface area contributed by atoms with Crippen LogP contribution in [0.25, 0.3) is 0 Å². The quantitative estimate of drug-likeness (QED) is 0.846. The molecule has 21 heavy (non-hydrogen) atoms. The Balaban J connectivity index is 1.91. The number of halogens is 1. The topological polar surface area (TPSA) is 23.6 Å². The molecule has 0 radical (unpaired) electrons. The summed E-state index contributed by atoms with van der Waals surface area (Å²) in [5.41, 5.74) is 2.93. The second-order valence-electron chi connectivity index (χ2n) is 5.40. The van der Waals surface area contributed by atoms with Crippen LogP contribution in [-0.2, 0) is 6.42 Å². The van der Waals surface area contributed by atoms with Crippen LogP contribution >= 0.6 is 0 Å². The molecule has 4 heteroatoms. The highest BCUT2D eigenvalue weighted by Gasteiger charge is 2.28. The van der Waals surface area contributed by atoms with Gasteiger partial charge in [-0.15, -0.1) is 0 Å². The maximum absolute atomic E-state index is 14.0. The second kappa shape index (κ2) is 5.20. The number of carbonyl (C=O) groups excluding carboxylic acids is 1. The van der Waals surface area contributed by atoms with Crippen LogP contribution in [0, 0.1) is 5.82 Å². The fourth-order valence-corrected chi connectivity index (χ4v) is 2.67. The van der Waals surface area contributed by atoms with Gasteiger partial charge in [0.2, 0.25) is 0 Å². The number of fused-ring (bicyclic) bond motifs is 1. The van der Waals surface area contributed by atoms with Gasteiger partial charge in [0.1, 0.15) is 5.82 Å². The Labute approximate surface area is 123 Å². The third-order valence-corrected chi connectivity index (χ3v) is 3.82. The molecule has 1 amide bonds. The molecule has 0 unspecified atom stereocenters. The molecule has 0 fully saturated rings. The van der Waals surface area contributed by atoms with E-state index in [1.54, 1.807) is 18.2 Å². The number of rotatable bonds is 2. The first-order chi connectivity index (χ1) is 10.1. The molecule has 2 aromatic carbocycles. The average Bonchev–Trinajstić information content (AvgIpc) is 2.92. The molecule has 2 aromatic rings. The average molecular weight is 284 g/mol. The minimum atomic E-state index is -0.330. The zero-order chi connectivity index (χ0) is 15.0. The first-order valence-corrected chi connectivity index (χ1v) is 6.94. The lowest BCUT2D eigenvalue weighted by Crippen LogP contribution is -2.29. The first kappa shape index (κ1) is 13.6. The molecule has 0 N–H and O–H groups in total. The van der Waals surface area contributed by atoms with Crippen LogP contribution in [0.4, 0.5) is 15.8 Å². The summed E-state index contributed by atoms with van der Waals surface area (Å²) in [5, 5.41) is 0. The molecular weight excluding hydrogens is 267 g/mol. The largest absolute Gasteiger partial charge is 0.378 e. The number of carbonyl (C=O) groups is 1. The summed E-state index contributed by atoms with van der Waals surface area (Å²) in [5.74, 6) is -0.479. The molecule has 0 aromatic heterocycles. The van der Waals surface area contributed by atoms with Crippen molar-refractivity contribution in [1.29, 1.82) is 0 Å². The predicted molar refractivity (Wildman–Crippen MR) is 82.5 cm³/mol. The van der Waals surface area contributed by atoms with Gasteiger partial charge in [0.05, 0.1) is 5.69 Å². The summed E-state index contributed by atoms with van der Waals surface area (Å²) < 4.78 is 14.0. The Morgan fingerprint density at radius 3 is 2.52 bits per heavy atom. The number of para-hydroxylation sites is 1. The molecule has 3 nitrogen and oxygen atoms in total. The van der Waals surface area contributed by atoms with E-state index in [2.05, 4.69) is 0 Å². The highest BCUT2D eigenvalue weighted by molar-refractivity contribution is 6.07. The summed E-state index contributed by atoms with van der Waals surface area (Å²) in [6.07, 6.45) is 0.703. The van der Waals surface area contributed by atoms with Gasteiger partial charge in [-0.05, 0) is 42.3 Å². The monoisotopic (exact) mass is 284 g/mol. The maximum atomic E-state index is 14.0. The van der Waals surface area contributed by atoms with E-state index in [4.69, 9.17) is 0 Å². The minimum Gasteiger partial charge on any atom is -0.378 e. The van der Waals surface area contributed by atoms with E-state index in [1.807, 2.05) is 37.2 Å². The Bertz CT molecular complexity index is 680. The molecule has 108 valence electrons. The standard InChI is InChI=1S/C17H17FN2O/c1-19(2)14-8-6-13(7-9-14)17(21)20-11-10-12-4-3-5-15(18)16(12)20/h3-9H,10-11H2,1-2H3. The summed E-state index contributed by atoms with van der Waals surface area (Å²) in [4.78, 5) is 16.1. The van der Waals surface area contributed by atoms with E-state index < -0.39 is 0 Å². The fourth-order valence-electron chi connectivity index (χ4n) is 2.67. The van der Waals surface area contributed by atoms with Crippen molar-refractivity contribution in [2.24, 2.45) is 0 Å². The van der Waals surface area contributed by atoms with Gasteiger partial charge in [0.15, 0.2) is 0 Å². The second-order valence-corrected chi connectivity index (χ2v) is 5.40. The summed E-state index contributed by atoms with van der Waals surface area (Å²) in [7, 11) is 3.89. The molecule has 0 spiro atoms. The van der Waals surface area contributed by atoms with E-state index in [-0.39, 0.29) is 11.7 Å². The molecule has 1 aliphatic rings. The zero-order valence-corrected chi connectivity index (χ0v) is 12.1. The van der Waals surface area contributed by atoms with Gasteiger partial charge in [-0.25, -0.2) is 4.39 Å². The molecule has 1 heterocycles. The number of anilines is 2. The summed E-state index contributed by atoms with van der Waals surface area (Å²) >= 11 is 0. The van der Waals surface area contributed by atoms with Gasteiger partial charge in [0, 0.05) is 31.9 Å². The Morgan fingerprint density at radius 2 is 1.86 bits per heavy atom. The lowest BCUT2D eigenvalue weighted by atomic mass is 10.1. The van der Waals surface area contributed by atoms with Gasteiger partial charge in [-0.3, -0.25) is 4.79 Å². The molecule has 0 aliphatic carbocycles. The molecule has 0 saturated carbocycles. The van der Waals surface area contributed by atoms with Crippen LogP contribution < -0.4 is 9.80 Å². The number of nitrogens with zero attached hydrogens (tertiary/aromatic N) is 2. The van der Waals surface area contributed by atoms with Crippen LogP contribution in [-0.4, -0.2) is 26.5 Å². The van der Waals surface area contributed by atoms with Crippen molar-refractivity contribution >= 4 is 17.3 Å². The number of benzene rings is 2. The van der Waals surface area contributed by atoms with Gasteiger partial charge >= 0.3 is 0 Å². The molecule has 3 rings (SSSR count). The third kappa shape index (κ3) is 2.37. The molecule has 0 saturated heterocycles. The number of amides is 1. The van der Waals surface area contributed by atoms with Crippen molar-refractivity contribution in [3.8, 4) is 0 Å². The van der Waals surface area contributed by atoms with E-state index in [0.717, 1.165) is 11.3 Å². The first-order valence-electron chi connectivity index (χ1n) is 6.94. The normalized spacial score (nSPS) is 13.2. The number of hydrogen-bond acceptors (Lipinski definition) is 2. The lowest BCUT2D eigenvalue weighted by molar-refractivity contribution is 0.0988. The smallest absolute Gasteiger partial charge is 0.258 e. The maximum Gasteiger partial charge on any atom is 0.258 e. The van der Waals surface area contributed by atoms with E-state index >= 15 is 0 Å². The van der Waals surface area contributed by atoms with E-state index in [1.165, 1.54) is 11.0 Å². The highest BCUT2D eigenvalue weighted by atomic mass is 19.1. The van der Waals surface area contributed by atoms with Crippen LogP contribution in [0.15, 0.2) is 42.5 Å². The van der Waals surface area contributed by atoms with Crippen LogP contribution in [0.2, 0.25) is 0 Å². The summed E-state index contributed by atoms with van der Waals surface area (Å²) in [6, 6.07) is 12.3.